The predicted molar refractivity (Wildman–Crippen MR) is 131 cm³/mol. The van der Waals surface area contributed by atoms with Crippen molar-refractivity contribution in [2.45, 2.75) is 0 Å². The third kappa shape index (κ3) is 3.55. The lowest BCUT2D eigenvalue weighted by molar-refractivity contribution is 0.415. The highest BCUT2D eigenvalue weighted by Gasteiger charge is 2.11. The summed E-state index contributed by atoms with van der Waals surface area (Å²) in [7, 11) is 3.27. The minimum Gasteiger partial charge on any atom is -0.497 e. The lowest BCUT2D eigenvalue weighted by Crippen LogP contribution is -1.82. The van der Waals surface area contributed by atoms with Crippen molar-refractivity contribution in [1.82, 2.24) is 9.97 Å². The molecule has 0 aliphatic heterocycles. The van der Waals surface area contributed by atoms with E-state index in [1.54, 1.807) is 14.2 Å². The van der Waals surface area contributed by atoms with Gasteiger partial charge in [-0.1, -0.05) is 24.3 Å². The second-order valence-electron chi connectivity index (χ2n) is 7.86. The zero-order valence-electron chi connectivity index (χ0n) is 18.6. The molecule has 2 aromatic heterocycles. The first-order valence-corrected chi connectivity index (χ1v) is 10.8. The molecule has 34 heavy (non-hydrogen) atoms. The van der Waals surface area contributed by atoms with E-state index in [1.165, 1.54) is 0 Å². The van der Waals surface area contributed by atoms with Gasteiger partial charge in [-0.3, -0.25) is 0 Å². The van der Waals surface area contributed by atoms with E-state index in [2.05, 4.69) is 34.2 Å². The molecular weight excluding hydrogens is 428 g/mol. The van der Waals surface area contributed by atoms with Gasteiger partial charge in [-0.2, -0.15) is 0 Å². The molecule has 4 aromatic carbocycles. The van der Waals surface area contributed by atoms with Crippen LogP contribution in [0.15, 0.2) is 93.8 Å². The van der Waals surface area contributed by atoms with Crippen LogP contribution in [0.5, 0.6) is 11.5 Å². The van der Waals surface area contributed by atoms with Gasteiger partial charge in [-0.15, -0.1) is 0 Å². The topological polar surface area (TPSA) is 70.5 Å². The maximum atomic E-state index is 5.91. The van der Waals surface area contributed by atoms with Crippen molar-refractivity contribution in [3.63, 3.8) is 0 Å². The average Bonchev–Trinajstić information content (AvgIpc) is 3.52. The Kier molecular flexibility index (Phi) is 4.77. The minimum atomic E-state index is 0.581. The lowest BCUT2D eigenvalue weighted by atomic mass is 10.0. The van der Waals surface area contributed by atoms with Crippen molar-refractivity contribution in [1.29, 1.82) is 0 Å². The number of hydrogen-bond acceptors (Lipinski definition) is 6. The number of oxazole rings is 2. The molecule has 0 unspecified atom stereocenters. The molecule has 166 valence electrons. The molecule has 0 radical (unpaired) electrons. The minimum absolute atomic E-state index is 0.581. The van der Waals surface area contributed by atoms with Gasteiger partial charge < -0.3 is 18.3 Å². The molecule has 0 atom stereocenters. The van der Waals surface area contributed by atoms with Crippen LogP contribution in [0.1, 0.15) is 0 Å². The van der Waals surface area contributed by atoms with Gasteiger partial charge in [0, 0.05) is 23.3 Å². The summed E-state index contributed by atoms with van der Waals surface area (Å²) in [6.45, 7) is 0. The van der Waals surface area contributed by atoms with Crippen LogP contribution < -0.4 is 9.47 Å². The molecule has 0 saturated heterocycles. The number of rotatable bonds is 5. The zero-order valence-corrected chi connectivity index (χ0v) is 18.6. The molecule has 6 rings (SSSR count). The SMILES string of the molecule is COc1ccc2oc(-c3ccc(-c4ccc(-c5nc6cc(OC)ccc6o5)cc4)cc3)nc2c1. The standard InChI is InChI=1S/C28H20N2O4/c1-31-21-11-13-25-23(15-21)29-27(33-25)19-7-3-17(4-8-19)18-5-9-20(10-6-18)28-30-24-16-22(32-2)12-14-26(24)34-28/h3-16H,1-2H3. The quantitative estimate of drug-likeness (QED) is 0.283. The van der Waals surface area contributed by atoms with E-state index < -0.39 is 0 Å². The van der Waals surface area contributed by atoms with Gasteiger partial charge in [0.1, 0.15) is 22.5 Å². The van der Waals surface area contributed by atoms with Gasteiger partial charge in [0.05, 0.1) is 14.2 Å². The second-order valence-corrected chi connectivity index (χ2v) is 7.86. The molecule has 0 aliphatic carbocycles. The van der Waals surface area contributed by atoms with Crippen molar-refractivity contribution in [2.75, 3.05) is 14.2 Å². The van der Waals surface area contributed by atoms with Crippen LogP contribution in [-0.2, 0) is 0 Å². The van der Waals surface area contributed by atoms with Crippen molar-refractivity contribution in [2.24, 2.45) is 0 Å². The molecule has 6 aromatic rings. The van der Waals surface area contributed by atoms with Gasteiger partial charge in [0.2, 0.25) is 11.8 Å². The maximum Gasteiger partial charge on any atom is 0.227 e. The molecule has 0 amide bonds. The Morgan fingerprint density at radius 2 is 0.882 bits per heavy atom. The Morgan fingerprint density at radius 3 is 1.26 bits per heavy atom. The number of fused-ring (bicyclic) bond motifs is 2. The highest BCUT2D eigenvalue weighted by Crippen LogP contribution is 2.31. The van der Waals surface area contributed by atoms with Gasteiger partial charge in [-0.05, 0) is 59.7 Å². The van der Waals surface area contributed by atoms with Crippen LogP contribution in [-0.4, -0.2) is 24.2 Å². The predicted octanol–water partition coefficient (Wildman–Crippen LogP) is 6.99. The number of ether oxygens (including phenoxy) is 2. The molecule has 0 fully saturated rings. The molecule has 0 N–H and O–H groups in total. The Morgan fingerprint density at radius 1 is 0.500 bits per heavy atom. The summed E-state index contributed by atoms with van der Waals surface area (Å²) in [4.78, 5) is 9.19. The summed E-state index contributed by atoms with van der Waals surface area (Å²) in [6, 6.07) is 27.5. The van der Waals surface area contributed by atoms with E-state index in [-0.39, 0.29) is 0 Å². The number of aromatic nitrogens is 2. The highest BCUT2D eigenvalue weighted by molar-refractivity contribution is 5.79. The highest BCUT2D eigenvalue weighted by atomic mass is 16.5. The molecule has 0 bridgehead atoms. The average molecular weight is 448 g/mol. The number of hydrogen-bond donors (Lipinski definition) is 0. The van der Waals surface area contributed by atoms with E-state index in [9.17, 15) is 0 Å². The van der Waals surface area contributed by atoms with E-state index in [0.717, 1.165) is 56.0 Å². The summed E-state index contributed by atoms with van der Waals surface area (Å²) in [5, 5.41) is 0. The number of benzene rings is 4. The van der Waals surface area contributed by atoms with Crippen LogP contribution in [0.3, 0.4) is 0 Å². The monoisotopic (exact) mass is 448 g/mol. The van der Waals surface area contributed by atoms with E-state index >= 15 is 0 Å². The van der Waals surface area contributed by atoms with Crippen LogP contribution in [0.25, 0.3) is 56.2 Å². The Hall–Kier alpha value is -4.58. The van der Waals surface area contributed by atoms with Crippen LogP contribution in [0, 0.1) is 0 Å². The fraction of sp³-hybridized carbons (Fsp3) is 0.0714. The summed E-state index contributed by atoms with van der Waals surface area (Å²) in [5.74, 6) is 2.67. The third-order valence-corrected chi connectivity index (χ3v) is 5.79. The molecular formula is C28H20N2O4. The third-order valence-electron chi connectivity index (χ3n) is 5.79. The van der Waals surface area contributed by atoms with Crippen molar-refractivity contribution in [3.8, 4) is 45.5 Å². The lowest BCUT2D eigenvalue weighted by Gasteiger charge is -2.04. The van der Waals surface area contributed by atoms with E-state index in [0.29, 0.717) is 11.8 Å². The summed E-state index contributed by atoms with van der Waals surface area (Å²) >= 11 is 0. The first-order chi connectivity index (χ1) is 16.7. The first kappa shape index (κ1) is 20.1. The molecule has 0 spiro atoms. The summed E-state index contributed by atoms with van der Waals surface area (Å²) in [6.07, 6.45) is 0. The smallest absolute Gasteiger partial charge is 0.227 e. The maximum absolute atomic E-state index is 5.91. The molecule has 0 aliphatic rings. The number of methoxy groups -OCH3 is 2. The zero-order chi connectivity index (χ0) is 23.1. The first-order valence-electron chi connectivity index (χ1n) is 10.8. The van der Waals surface area contributed by atoms with Gasteiger partial charge in [-0.25, -0.2) is 9.97 Å². The molecule has 0 saturated carbocycles. The van der Waals surface area contributed by atoms with Gasteiger partial charge >= 0.3 is 0 Å². The second kappa shape index (κ2) is 8.08. The molecule has 6 heteroatoms. The fourth-order valence-corrected chi connectivity index (χ4v) is 3.93. The van der Waals surface area contributed by atoms with Gasteiger partial charge in [0.25, 0.3) is 0 Å². The van der Waals surface area contributed by atoms with E-state index in [4.69, 9.17) is 18.3 Å². The van der Waals surface area contributed by atoms with Gasteiger partial charge in [0.15, 0.2) is 11.2 Å². The molecule has 2 heterocycles. The molecule has 6 nitrogen and oxygen atoms in total. The normalized spacial score (nSPS) is 11.2. The van der Waals surface area contributed by atoms with Crippen molar-refractivity contribution < 1.29 is 18.3 Å². The van der Waals surface area contributed by atoms with Crippen LogP contribution in [0.4, 0.5) is 0 Å². The summed E-state index contributed by atoms with van der Waals surface area (Å²) < 4.78 is 22.4. The largest absolute Gasteiger partial charge is 0.497 e. The van der Waals surface area contributed by atoms with E-state index in [1.807, 2.05) is 60.7 Å². The fourth-order valence-electron chi connectivity index (χ4n) is 3.93. The Bertz CT molecular complexity index is 1490. The Balaban J connectivity index is 1.25. The Labute approximate surface area is 195 Å². The van der Waals surface area contributed by atoms with Crippen LogP contribution in [0.2, 0.25) is 0 Å². The van der Waals surface area contributed by atoms with Crippen molar-refractivity contribution >= 4 is 22.2 Å². The van der Waals surface area contributed by atoms with Crippen LogP contribution >= 0.6 is 0 Å². The number of nitrogens with zero attached hydrogens (tertiary/aromatic N) is 2. The van der Waals surface area contributed by atoms with Crippen molar-refractivity contribution in [3.05, 3.63) is 84.9 Å². The summed E-state index contributed by atoms with van der Waals surface area (Å²) in [5.41, 5.74) is 7.01.